The lowest BCUT2D eigenvalue weighted by Crippen LogP contribution is -2.13. The van der Waals surface area contributed by atoms with E-state index < -0.39 is 0 Å². The van der Waals surface area contributed by atoms with Crippen molar-refractivity contribution in [2.75, 3.05) is 0 Å². The van der Waals surface area contributed by atoms with Crippen LogP contribution in [-0.4, -0.2) is 16.7 Å². The zero-order valence-electron chi connectivity index (χ0n) is 13.4. The van der Waals surface area contributed by atoms with Crippen LogP contribution in [0.15, 0.2) is 17.9 Å². The smallest absolute Gasteiger partial charge is 0.171 e. The molecule has 2 unspecified atom stereocenters. The normalized spacial score (nSPS) is 24.3. The summed E-state index contributed by atoms with van der Waals surface area (Å²) in [6, 6.07) is 4.20. The molecule has 3 heteroatoms. The van der Waals surface area contributed by atoms with Gasteiger partial charge in [0.1, 0.15) is 11.5 Å². The summed E-state index contributed by atoms with van der Waals surface area (Å²) in [5.74, 6) is -0.427. The van der Waals surface area contributed by atoms with Crippen LogP contribution in [-0.2, 0) is 22.4 Å². The summed E-state index contributed by atoms with van der Waals surface area (Å²) in [4.78, 5) is 24.4. The summed E-state index contributed by atoms with van der Waals surface area (Å²) < 4.78 is 0. The molecule has 2 aliphatic rings. The number of ketones is 2. The van der Waals surface area contributed by atoms with Gasteiger partial charge in [-0.25, -0.2) is 0 Å². The molecular formula is C19H22O3. The minimum atomic E-state index is -0.335. The Balaban J connectivity index is 2.19. The molecule has 3 rings (SSSR count). The van der Waals surface area contributed by atoms with E-state index in [1.54, 1.807) is 0 Å². The van der Waals surface area contributed by atoms with Crippen molar-refractivity contribution < 1.29 is 14.7 Å². The van der Waals surface area contributed by atoms with Gasteiger partial charge in [-0.3, -0.25) is 9.59 Å². The SMILES string of the molecule is CCc1cc(C)cc(CC)c1C1=C(O)C2CC(=O)CC2C1=O. The van der Waals surface area contributed by atoms with Crippen molar-refractivity contribution in [3.8, 4) is 0 Å². The molecule has 3 nitrogen and oxygen atoms in total. The van der Waals surface area contributed by atoms with E-state index in [1.165, 1.54) is 5.56 Å². The van der Waals surface area contributed by atoms with Crippen LogP contribution in [0.5, 0.6) is 0 Å². The lowest BCUT2D eigenvalue weighted by molar-refractivity contribution is -0.121. The first-order valence-corrected chi connectivity index (χ1v) is 8.09. The van der Waals surface area contributed by atoms with Gasteiger partial charge in [-0.15, -0.1) is 0 Å². The van der Waals surface area contributed by atoms with Gasteiger partial charge in [0.05, 0.1) is 5.57 Å². The van der Waals surface area contributed by atoms with E-state index in [0.717, 1.165) is 29.5 Å². The van der Waals surface area contributed by atoms with Crippen molar-refractivity contribution in [3.05, 3.63) is 40.1 Å². The van der Waals surface area contributed by atoms with Gasteiger partial charge in [0.15, 0.2) is 5.78 Å². The maximum atomic E-state index is 12.8. The molecule has 1 N–H and O–H groups in total. The summed E-state index contributed by atoms with van der Waals surface area (Å²) >= 11 is 0. The van der Waals surface area contributed by atoms with Gasteiger partial charge < -0.3 is 5.11 Å². The minimum Gasteiger partial charge on any atom is -0.511 e. The number of hydrogen-bond donors (Lipinski definition) is 1. The van der Waals surface area contributed by atoms with Gasteiger partial charge in [-0.2, -0.15) is 0 Å². The molecule has 0 heterocycles. The number of allylic oxidation sites excluding steroid dienone is 2. The number of aliphatic hydroxyl groups excluding tert-OH is 1. The van der Waals surface area contributed by atoms with Crippen LogP contribution in [0.25, 0.3) is 5.57 Å². The monoisotopic (exact) mass is 298 g/mol. The predicted molar refractivity (Wildman–Crippen MR) is 85.7 cm³/mol. The number of aliphatic hydroxyl groups is 1. The van der Waals surface area contributed by atoms with Gasteiger partial charge in [0.25, 0.3) is 0 Å². The van der Waals surface area contributed by atoms with E-state index in [9.17, 15) is 14.7 Å². The second-order valence-corrected chi connectivity index (χ2v) is 6.45. The third-order valence-electron chi connectivity index (χ3n) is 5.03. The Bertz CT molecular complexity index is 672. The summed E-state index contributed by atoms with van der Waals surface area (Å²) in [5, 5.41) is 10.6. The molecule has 0 radical (unpaired) electrons. The van der Waals surface area contributed by atoms with Crippen molar-refractivity contribution >= 4 is 17.1 Å². The quantitative estimate of drug-likeness (QED) is 0.928. The van der Waals surface area contributed by atoms with Crippen molar-refractivity contribution in [2.45, 2.75) is 46.5 Å². The van der Waals surface area contributed by atoms with Crippen LogP contribution < -0.4 is 0 Å². The lowest BCUT2D eigenvalue weighted by atomic mass is 9.87. The van der Waals surface area contributed by atoms with Gasteiger partial charge >= 0.3 is 0 Å². The van der Waals surface area contributed by atoms with Gasteiger partial charge in [0.2, 0.25) is 0 Å². The molecule has 22 heavy (non-hydrogen) atoms. The molecule has 0 saturated heterocycles. The van der Waals surface area contributed by atoms with Crippen LogP contribution in [0.3, 0.4) is 0 Å². The molecule has 1 aromatic carbocycles. The largest absolute Gasteiger partial charge is 0.511 e. The predicted octanol–water partition coefficient (Wildman–Crippen LogP) is 3.57. The highest BCUT2D eigenvalue weighted by molar-refractivity contribution is 6.26. The van der Waals surface area contributed by atoms with E-state index in [-0.39, 0.29) is 35.6 Å². The zero-order valence-corrected chi connectivity index (χ0v) is 13.4. The van der Waals surface area contributed by atoms with Crippen molar-refractivity contribution in [3.63, 3.8) is 0 Å². The molecule has 1 aromatic rings. The average Bonchev–Trinajstić information content (AvgIpc) is 2.98. The molecule has 1 fully saturated rings. The number of benzene rings is 1. The number of fused-ring (bicyclic) bond motifs is 1. The molecule has 0 spiro atoms. The Morgan fingerprint density at radius 3 is 2.09 bits per heavy atom. The highest BCUT2D eigenvalue weighted by Gasteiger charge is 2.48. The molecule has 2 aliphatic carbocycles. The van der Waals surface area contributed by atoms with E-state index in [4.69, 9.17) is 0 Å². The second kappa shape index (κ2) is 5.38. The van der Waals surface area contributed by atoms with Crippen LogP contribution >= 0.6 is 0 Å². The second-order valence-electron chi connectivity index (χ2n) is 6.45. The molecule has 0 bridgehead atoms. The average molecular weight is 298 g/mol. The highest BCUT2D eigenvalue weighted by Crippen LogP contribution is 2.47. The maximum absolute atomic E-state index is 12.8. The molecular weight excluding hydrogens is 276 g/mol. The first kappa shape index (κ1) is 15.0. The fourth-order valence-corrected chi connectivity index (χ4v) is 3.99. The number of hydrogen-bond acceptors (Lipinski definition) is 3. The third kappa shape index (κ3) is 2.11. The Labute approximate surface area is 131 Å². The van der Waals surface area contributed by atoms with Gasteiger partial charge in [-0.05, 0) is 36.5 Å². The van der Waals surface area contributed by atoms with Crippen molar-refractivity contribution in [1.82, 2.24) is 0 Å². The number of carbonyl (C=O) groups excluding carboxylic acids is 2. The summed E-state index contributed by atoms with van der Waals surface area (Å²) in [5.41, 5.74) is 4.80. The standard InChI is InChI=1S/C19H22O3/c1-4-11-6-10(3)7-12(5-2)16(11)17-18(21)14-8-13(20)9-15(14)19(17)22/h6-7,14-15,21H,4-5,8-9H2,1-3H3. The maximum Gasteiger partial charge on any atom is 0.171 e. The van der Waals surface area contributed by atoms with E-state index in [0.29, 0.717) is 12.0 Å². The fourth-order valence-electron chi connectivity index (χ4n) is 3.99. The first-order valence-electron chi connectivity index (χ1n) is 8.09. The Morgan fingerprint density at radius 1 is 1.05 bits per heavy atom. The Hall–Kier alpha value is -1.90. The van der Waals surface area contributed by atoms with E-state index in [1.807, 2.05) is 0 Å². The molecule has 0 aromatic heterocycles. The minimum absolute atomic E-state index is 0.0402. The van der Waals surface area contributed by atoms with Gasteiger partial charge in [-0.1, -0.05) is 31.5 Å². The van der Waals surface area contributed by atoms with Crippen LogP contribution in [0.1, 0.15) is 48.9 Å². The van der Waals surface area contributed by atoms with Crippen molar-refractivity contribution in [2.24, 2.45) is 11.8 Å². The number of Topliss-reactive ketones (excluding diaryl/α,β-unsaturated/α-hetero) is 2. The highest BCUT2D eigenvalue weighted by atomic mass is 16.3. The summed E-state index contributed by atoms with van der Waals surface area (Å²) in [7, 11) is 0. The first-order chi connectivity index (χ1) is 10.5. The zero-order chi connectivity index (χ0) is 16.0. The third-order valence-corrected chi connectivity index (χ3v) is 5.03. The van der Waals surface area contributed by atoms with Gasteiger partial charge in [0, 0.05) is 24.7 Å². The number of rotatable bonds is 3. The summed E-state index contributed by atoms with van der Waals surface area (Å²) in [6.07, 6.45) is 2.23. The lowest BCUT2D eigenvalue weighted by Gasteiger charge is -2.16. The van der Waals surface area contributed by atoms with E-state index >= 15 is 0 Å². The number of carbonyl (C=O) groups is 2. The fraction of sp³-hybridized carbons (Fsp3) is 0.474. The summed E-state index contributed by atoms with van der Waals surface area (Å²) in [6.45, 7) is 6.19. The van der Waals surface area contributed by atoms with Crippen molar-refractivity contribution in [1.29, 1.82) is 0 Å². The van der Waals surface area contributed by atoms with E-state index in [2.05, 4.69) is 32.9 Å². The molecule has 1 saturated carbocycles. The molecule has 116 valence electrons. The van der Waals surface area contributed by atoms with Crippen LogP contribution in [0, 0.1) is 18.8 Å². The number of aryl methyl sites for hydroxylation is 3. The van der Waals surface area contributed by atoms with Crippen LogP contribution in [0.2, 0.25) is 0 Å². The topological polar surface area (TPSA) is 54.4 Å². The Kier molecular flexibility index (Phi) is 3.67. The molecule has 2 atom stereocenters. The Morgan fingerprint density at radius 2 is 1.59 bits per heavy atom. The van der Waals surface area contributed by atoms with Crippen LogP contribution in [0.4, 0.5) is 0 Å². The molecule has 0 aliphatic heterocycles. The molecule has 0 amide bonds.